The van der Waals surface area contributed by atoms with Crippen LogP contribution in [0.4, 0.5) is 10.1 Å². The quantitative estimate of drug-likeness (QED) is 0.616. The molecule has 2 aromatic rings. The van der Waals surface area contributed by atoms with Gasteiger partial charge in [-0.25, -0.2) is 12.8 Å². The van der Waals surface area contributed by atoms with Crippen molar-refractivity contribution in [2.24, 2.45) is 5.92 Å². The third-order valence-electron chi connectivity index (χ3n) is 6.65. The molecule has 2 heterocycles. The number of carbonyl (C=O) groups is 1. The van der Waals surface area contributed by atoms with Gasteiger partial charge in [-0.3, -0.25) is 4.79 Å². The van der Waals surface area contributed by atoms with Crippen LogP contribution in [0.25, 0.3) is 0 Å². The Hall–Kier alpha value is -2.36. The SMILES string of the molecule is COc1ccc(F)cc1S(=O)(=O)N1CCC(C(=O)N2CCN(c3cc(Cl)ccc3C)CC2)CC1. The minimum atomic E-state index is -3.92. The zero-order valence-electron chi connectivity index (χ0n) is 19.3. The zero-order chi connectivity index (χ0) is 24.5. The number of nitrogens with zero attached hydrogens (tertiary/aromatic N) is 3. The highest BCUT2D eigenvalue weighted by atomic mass is 35.5. The second kappa shape index (κ2) is 10.1. The van der Waals surface area contributed by atoms with Gasteiger partial charge in [-0.2, -0.15) is 4.31 Å². The number of rotatable bonds is 5. The number of halogens is 2. The monoisotopic (exact) mass is 509 g/mol. The lowest BCUT2D eigenvalue weighted by atomic mass is 9.96. The molecule has 0 aromatic heterocycles. The fourth-order valence-corrected chi connectivity index (χ4v) is 6.49. The topological polar surface area (TPSA) is 70.2 Å². The Morgan fingerprint density at radius 2 is 1.71 bits per heavy atom. The largest absolute Gasteiger partial charge is 0.495 e. The van der Waals surface area contributed by atoms with E-state index in [0.717, 1.165) is 36.5 Å². The molecule has 7 nitrogen and oxygen atoms in total. The van der Waals surface area contributed by atoms with E-state index in [1.54, 1.807) is 0 Å². The van der Waals surface area contributed by atoms with Crippen LogP contribution in [0, 0.1) is 18.7 Å². The third kappa shape index (κ3) is 5.01. The molecule has 2 aliphatic rings. The number of piperidine rings is 1. The van der Waals surface area contributed by atoms with Crippen molar-refractivity contribution in [1.29, 1.82) is 0 Å². The molecule has 0 unspecified atom stereocenters. The van der Waals surface area contributed by atoms with E-state index in [-0.39, 0.29) is 35.6 Å². The van der Waals surface area contributed by atoms with Crippen molar-refractivity contribution in [3.63, 3.8) is 0 Å². The van der Waals surface area contributed by atoms with Crippen LogP contribution < -0.4 is 9.64 Å². The first-order valence-corrected chi connectivity index (χ1v) is 13.2. The Morgan fingerprint density at radius 1 is 1.03 bits per heavy atom. The number of ether oxygens (including phenoxy) is 1. The van der Waals surface area contributed by atoms with E-state index in [9.17, 15) is 17.6 Å². The predicted molar refractivity (Wildman–Crippen MR) is 129 cm³/mol. The van der Waals surface area contributed by atoms with E-state index in [2.05, 4.69) is 4.90 Å². The number of anilines is 1. The summed E-state index contributed by atoms with van der Waals surface area (Å²) in [6, 6.07) is 9.28. The third-order valence-corrected chi connectivity index (χ3v) is 8.80. The van der Waals surface area contributed by atoms with Gasteiger partial charge in [0, 0.05) is 55.9 Å². The van der Waals surface area contributed by atoms with Crippen molar-refractivity contribution < 1.29 is 22.3 Å². The Morgan fingerprint density at radius 3 is 2.35 bits per heavy atom. The number of hydrogen-bond acceptors (Lipinski definition) is 5. The van der Waals surface area contributed by atoms with Gasteiger partial charge < -0.3 is 14.5 Å². The van der Waals surface area contributed by atoms with Crippen molar-refractivity contribution in [3.8, 4) is 5.75 Å². The highest BCUT2D eigenvalue weighted by molar-refractivity contribution is 7.89. The second-order valence-electron chi connectivity index (χ2n) is 8.72. The number of methoxy groups -OCH3 is 1. The standard InChI is InChI=1S/C24H29ClFN3O4S/c1-17-3-4-19(25)15-21(17)27-11-13-28(14-12-27)24(30)18-7-9-29(10-8-18)34(31,32)23-16-20(26)5-6-22(23)33-2/h3-6,15-16,18H,7-14H2,1-2H3. The van der Waals surface area contributed by atoms with E-state index in [1.807, 2.05) is 30.0 Å². The number of aryl methyl sites for hydroxylation is 1. The maximum Gasteiger partial charge on any atom is 0.246 e. The summed E-state index contributed by atoms with van der Waals surface area (Å²) in [6.45, 7) is 5.14. The molecule has 0 saturated carbocycles. The number of benzene rings is 2. The van der Waals surface area contributed by atoms with Gasteiger partial charge in [-0.05, 0) is 55.7 Å². The minimum Gasteiger partial charge on any atom is -0.495 e. The van der Waals surface area contributed by atoms with Crippen LogP contribution in [0.2, 0.25) is 5.02 Å². The van der Waals surface area contributed by atoms with Gasteiger partial charge in [0.2, 0.25) is 15.9 Å². The van der Waals surface area contributed by atoms with Crippen LogP contribution in [0.3, 0.4) is 0 Å². The Kier molecular flexibility index (Phi) is 7.35. The average Bonchev–Trinajstić information content (AvgIpc) is 2.85. The van der Waals surface area contributed by atoms with Crippen molar-refractivity contribution >= 4 is 33.2 Å². The molecule has 1 amide bonds. The summed E-state index contributed by atoms with van der Waals surface area (Å²) in [7, 11) is -2.57. The molecule has 10 heteroatoms. The maximum atomic E-state index is 13.7. The summed E-state index contributed by atoms with van der Waals surface area (Å²) in [4.78, 5) is 17.1. The molecule has 2 saturated heterocycles. The first-order valence-electron chi connectivity index (χ1n) is 11.3. The molecule has 2 aromatic carbocycles. The summed E-state index contributed by atoms with van der Waals surface area (Å²) >= 11 is 6.16. The molecule has 0 bridgehead atoms. The fourth-order valence-electron chi connectivity index (χ4n) is 4.68. The number of amides is 1. The number of hydrogen-bond donors (Lipinski definition) is 0. The molecule has 0 aliphatic carbocycles. The zero-order valence-corrected chi connectivity index (χ0v) is 20.9. The van der Waals surface area contributed by atoms with Crippen LogP contribution in [-0.4, -0.2) is 69.9 Å². The van der Waals surface area contributed by atoms with Crippen molar-refractivity contribution in [2.75, 3.05) is 51.3 Å². The van der Waals surface area contributed by atoms with Crippen LogP contribution in [-0.2, 0) is 14.8 Å². The van der Waals surface area contributed by atoms with Gasteiger partial charge in [-0.15, -0.1) is 0 Å². The van der Waals surface area contributed by atoms with E-state index >= 15 is 0 Å². The molecular formula is C24H29ClFN3O4S. The summed E-state index contributed by atoms with van der Waals surface area (Å²) in [5, 5.41) is 0.691. The van der Waals surface area contributed by atoms with E-state index < -0.39 is 15.8 Å². The van der Waals surface area contributed by atoms with Gasteiger partial charge in [0.1, 0.15) is 16.5 Å². The highest BCUT2D eigenvalue weighted by Gasteiger charge is 2.36. The molecule has 0 N–H and O–H groups in total. The number of sulfonamides is 1. The van der Waals surface area contributed by atoms with Gasteiger partial charge in [0.15, 0.2) is 0 Å². The minimum absolute atomic E-state index is 0.0721. The Labute approximate surface area is 205 Å². The Balaban J connectivity index is 1.35. The maximum absolute atomic E-state index is 13.7. The van der Waals surface area contributed by atoms with Crippen LogP contribution in [0.15, 0.2) is 41.3 Å². The lowest BCUT2D eigenvalue weighted by Crippen LogP contribution is -2.52. The molecule has 0 radical (unpaired) electrons. The first-order chi connectivity index (χ1) is 16.2. The van der Waals surface area contributed by atoms with E-state index in [4.69, 9.17) is 16.3 Å². The molecular weight excluding hydrogens is 481 g/mol. The number of carbonyl (C=O) groups excluding carboxylic acids is 1. The molecule has 184 valence electrons. The Bertz CT molecular complexity index is 1160. The summed E-state index contributed by atoms with van der Waals surface area (Å²) in [6.07, 6.45) is 0.868. The van der Waals surface area contributed by atoms with Gasteiger partial charge in [0.05, 0.1) is 7.11 Å². The smallest absolute Gasteiger partial charge is 0.246 e. The molecule has 2 fully saturated rings. The first kappa shape index (κ1) is 24.8. The fraction of sp³-hybridized carbons (Fsp3) is 0.458. The van der Waals surface area contributed by atoms with Crippen molar-refractivity contribution in [3.05, 3.63) is 52.8 Å². The molecule has 4 rings (SSSR count). The molecule has 2 aliphatic heterocycles. The molecule has 34 heavy (non-hydrogen) atoms. The molecule has 0 atom stereocenters. The average molecular weight is 510 g/mol. The van der Waals surface area contributed by atoms with Crippen LogP contribution in [0.1, 0.15) is 18.4 Å². The summed E-state index contributed by atoms with van der Waals surface area (Å²) in [5.74, 6) is -0.688. The lowest BCUT2D eigenvalue weighted by molar-refractivity contribution is -0.137. The summed E-state index contributed by atoms with van der Waals surface area (Å²) < 4.78 is 46.4. The van der Waals surface area contributed by atoms with Crippen LogP contribution in [0.5, 0.6) is 5.75 Å². The predicted octanol–water partition coefficient (Wildman–Crippen LogP) is 3.55. The van der Waals surface area contributed by atoms with Gasteiger partial charge >= 0.3 is 0 Å². The molecule has 0 spiro atoms. The normalized spacial score (nSPS) is 18.2. The highest BCUT2D eigenvalue weighted by Crippen LogP contribution is 2.31. The lowest BCUT2D eigenvalue weighted by Gasteiger charge is -2.39. The van der Waals surface area contributed by atoms with Crippen molar-refractivity contribution in [1.82, 2.24) is 9.21 Å². The van der Waals surface area contributed by atoms with Crippen molar-refractivity contribution in [2.45, 2.75) is 24.7 Å². The summed E-state index contributed by atoms with van der Waals surface area (Å²) in [5.41, 5.74) is 2.23. The second-order valence-corrected chi connectivity index (χ2v) is 11.1. The van der Waals surface area contributed by atoms with Gasteiger partial charge in [-0.1, -0.05) is 17.7 Å². The van der Waals surface area contributed by atoms with E-state index in [0.29, 0.717) is 31.0 Å². The van der Waals surface area contributed by atoms with E-state index in [1.165, 1.54) is 17.5 Å². The number of piperazine rings is 1. The van der Waals surface area contributed by atoms with Crippen LogP contribution >= 0.6 is 11.6 Å². The van der Waals surface area contributed by atoms with Gasteiger partial charge in [0.25, 0.3) is 0 Å².